The summed E-state index contributed by atoms with van der Waals surface area (Å²) >= 11 is 1.68. The van der Waals surface area contributed by atoms with E-state index in [0.29, 0.717) is 12.7 Å². The normalized spacial score (nSPS) is 19.7. The maximum Gasteiger partial charge on any atom is 0.231 e. The van der Waals surface area contributed by atoms with Crippen molar-refractivity contribution in [3.8, 4) is 11.5 Å². The van der Waals surface area contributed by atoms with Gasteiger partial charge in [0.05, 0.1) is 0 Å². The number of piperidine rings is 1. The first-order chi connectivity index (χ1) is 12.7. The lowest BCUT2D eigenvalue weighted by molar-refractivity contribution is 0.173. The van der Waals surface area contributed by atoms with Gasteiger partial charge in [0.1, 0.15) is 5.82 Å². The monoisotopic (exact) mass is 372 g/mol. The van der Waals surface area contributed by atoms with Crippen molar-refractivity contribution in [3.63, 3.8) is 0 Å². The highest BCUT2D eigenvalue weighted by molar-refractivity contribution is 7.99. The smallest absolute Gasteiger partial charge is 0.231 e. The molecule has 4 rings (SSSR count). The van der Waals surface area contributed by atoms with Gasteiger partial charge < -0.3 is 14.0 Å². The zero-order valence-electron chi connectivity index (χ0n) is 15.1. The molecule has 1 saturated heterocycles. The molecule has 2 aliphatic heterocycles. The van der Waals surface area contributed by atoms with E-state index < -0.39 is 0 Å². The molecule has 2 aromatic rings. The summed E-state index contributed by atoms with van der Waals surface area (Å²) in [5.41, 5.74) is 1.26. The van der Waals surface area contributed by atoms with E-state index in [1.807, 2.05) is 12.1 Å². The molecular weight excluding hydrogens is 348 g/mol. The molecule has 0 N–H and O–H groups in total. The number of benzene rings is 1. The van der Waals surface area contributed by atoms with Crippen LogP contribution in [-0.4, -0.2) is 45.3 Å². The summed E-state index contributed by atoms with van der Waals surface area (Å²) in [5.74, 6) is 4.06. The number of likely N-dealkylation sites (tertiary alicyclic amines) is 1. The van der Waals surface area contributed by atoms with Crippen molar-refractivity contribution in [3.05, 3.63) is 42.2 Å². The molecule has 0 aliphatic carbocycles. The quantitative estimate of drug-likeness (QED) is 0.573. The Bertz CT molecular complexity index is 792. The fraction of sp³-hybridized carbons (Fsp3) is 0.474. The summed E-state index contributed by atoms with van der Waals surface area (Å²) < 4.78 is 13.0. The van der Waals surface area contributed by atoms with Crippen LogP contribution in [0.3, 0.4) is 0 Å². The minimum Gasteiger partial charge on any atom is -0.454 e. The number of thioether (sulfide) groups is 1. The third-order valence-electron chi connectivity index (χ3n) is 4.91. The van der Waals surface area contributed by atoms with Gasteiger partial charge in [-0.05, 0) is 37.1 Å². The molecule has 0 radical (unpaired) electrons. The second-order valence-electron chi connectivity index (χ2n) is 6.76. The Morgan fingerprint density at radius 1 is 1.31 bits per heavy atom. The molecule has 138 valence electrons. The van der Waals surface area contributed by atoms with Crippen LogP contribution in [0.4, 0.5) is 0 Å². The van der Waals surface area contributed by atoms with E-state index in [4.69, 9.17) is 9.47 Å². The number of hydrogen-bond donors (Lipinski definition) is 0. The second-order valence-corrected chi connectivity index (χ2v) is 7.75. The minimum atomic E-state index is 0.322. The van der Waals surface area contributed by atoms with Crippen LogP contribution in [0.1, 0.15) is 30.1 Å². The molecule has 1 aromatic carbocycles. The minimum absolute atomic E-state index is 0.322. The number of aromatic nitrogens is 3. The van der Waals surface area contributed by atoms with Crippen LogP contribution in [-0.2, 0) is 13.6 Å². The molecular formula is C19H24N4O2S. The largest absolute Gasteiger partial charge is 0.454 e. The maximum atomic E-state index is 5.50. The van der Waals surface area contributed by atoms with E-state index >= 15 is 0 Å². The Morgan fingerprint density at radius 3 is 3.08 bits per heavy atom. The first-order valence-electron chi connectivity index (χ1n) is 8.98. The van der Waals surface area contributed by atoms with Crippen LogP contribution >= 0.6 is 11.8 Å². The third-order valence-corrected chi connectivity index (χ3v) is 5.93. The van der Waals surface area contributed by atoms with Gasteiger partial charge >= 0.3 is 0 Å². The van der Waals surface area contributed by atoms with E-state index in [2.05, 4.69) is 45.4 Å². The van der Waals surface area contributed by atoms with Crippen molar-refractivity contribution < 1.29 is 9.47 Å². The van der Waals surface area contributed by atoms with Gasteiger partial charge in [-0.2, -0.15) is 0 Å². The van der Waals surface area contributed by atoms with Crippen molar-refractivity contribution in [1.82, 2.24) is 19.7 Å². The van der Waals surface area contributed by atoms with Crippen molar-refractivity contribution >= 4 is 11.8 Å². The van der Waals surface area contributed by atoms with Crippen LogP contribution in [0.15, 0.2) is 36.0 Å². The average molecular weight is 372 g/mol. The molecule has 1 fully saturated rings. The van der Waals surface area contributed by atoms with Crippen molar-refractivity contribution in [2.24, 2.45) is 7.05 Å². The van der Waals surface area contributed by atoms with E-state index in [1.165, 1.54) is 12.0 Å². The van der Waals surface area contributed by atoms with Crippen LogP contribution in [0.2, 0.25) is 0 Å². The lowest BCUT2D eigenvalue weighted by atomic mass is 9.96. The van der Waals surface area contributed by atoms with Gasteiger partial charge in [0.2, 0.25) is 6.79 Å². The Hall–Kier alpha value is -1.99. The molecule has 6 nitrogen and oxygen atoms in total. The van der Waals surface area contributed by atoms with Gasteiger partial charge in [0.25, 0.3) is 0 Å². The predicted molar refractivity (Wildman–Crippen MR) is 102 cm³/mol. The highest BCUT2D eigenvalue weighted by atomic mass is 32.2. The molecule has 0 bridgehead atoms. The maximum absolute atomic E-state index is 5.50. The topological polar surface area (TPSA) is 52.4 Å². The number of nitrogens with zero attached hydrogens (tertiary/aromatic N) is 4. The fourth-order valence-electron chi connectivity index (χ4n) is 3.65. The number of hydrogen-bond acceptors (Lipinski definition) is 6. The van der Waals surface area contributed by atoms with E-state index in [1.54, 1.807) is 11.8 Å². The molecule has 1 unspecified atom stereocenters. The highest BCUT2D eigenvalue weighted by Gasteiger charge is 2.26. The van der Waals surface area contributed by atoms with Crippen molar-refractivity contribution in [2.75, 3.05) is 25.6 Å². The summed E-state index contributed by atoms with van der Waals surface area (Å²) in [6, 6.07) is 6.23. The molecule has 0 amide bonds. The third kappa shape index (κ3) is 3.59. The fourth-order valence-corrected chi connectivity index (χ4v) is 4.30. The Morgan fingerprint density at radius 2 is 2.19 bits per heavy atom. The lowest BCUT2D eigenvalue weighted by Crippen LogP contribution is -2.34. The summed E-state index contributed by atoms with van der Waals surface area (Å²) in [6.45, 7) is 7.13. The van der Waals surface area contributed by atoms with E-state index in [0.717, 1.165) is 54.3 Å². The zero-order chi connectivity index (χ0) is 17.9. The van der Waals surface area contributed by atoms with Crippen LogP contribution in [0.5, 0.6) is 11.5 Å². The van der Waals surface area contributed by atoms with E-state index in [-0.39, 0.29) is 0 Å². The van der Waals surface area contributed by atoms with Gasteiger partial charge in [-0.25, -0.2) is 0 Å². The molecule has 2 aliphatic rings. The molecule has 0 saturated carbocycles. The molecule has 0 spiro atoms. The zero-order valence-corrected chi connectivity index (χ0v) is 15.9. The van der Waals surface area contributed by atoms with Crippen molar-refractivity contribution in [2.45, 2.75) is 30.5 Å². The van der Waals surface area contributed by atoms with Crippen LogP contribution < -0.4 is 9.47 Å². The van der Waals surface area contributed by atoms with Crippen molar-refractivity contribution in [1.29, 1.82) is 0 Å². The average Bonchev–Trinajstić information content (AvgIpc) is 3.26. The summed E-state index contributed by atoms with van der Waals surface area (Å²) in [7, 11) is 2.07. The molecule has 26 heavy (non-hydrogen) atoms. The van der Waals surface area contributed by atoms with Gasteiger partial charge in [-0.15, -0.1) is 16.8 Å². The molecule has 7 heteroatoms. The molecule has 3 heterocycles. The number of ether oxygens (including phenoxy) is 2. The summed E-state index contributed by atoms with van der Waals surface area (Å²) in [5, 5.41) is 9.80. The van der Waals surface area contributed by atoms with Gasteiger partial charge in [0, 0.05) is 31.8 Å². The first kappa shape index (κ1) is 17.4. The first-order valence-corrected chi connectivity index (χ1v) is 9.97. The predicted octanol–water partition coefficient (Wildman–Crippen LogP) is 3.20. The Balaban J connectivity index is 1.43. The Kier molecular flexibility index (Phi) is 5.17. The van der Waals surface area contributed by atoms with Crippen LogP contribution in [0, 0.1) is 0 Å². The molecule has 1 aromatic heterocycles. The highest BCUT2D eigenvalue weighted by Crippen LogP contribution is 2.34. The van der Waals surface area contributed by atoms with Crippen LogP contribution in [0.25, 0.3) is 0 Å². The summed E-state index contributed by atoms with van der Waals surface area (Å²) in [4.78, 5) is 2.50. The standard InChI is InChI=1S/C19H24N4O2S/c1-3-9-26-19-21-20-18(22(19)2)15-5-4-8-23(12-15)11-14-6-7-16-17(10-14)25-13-24-16/h3,6-7,10,15H,1,4-5,8-9,11-13H2,2H3. The van der Waals surface area contributed by atoms with E-state index in [9.17, 15) is 0 Å². The summed E-state index contributed by atoms with van der Waals surface area (Å²) in [6.07, 6.45) is 4.24. The number of fused-ring (bicyclic) bond motifs is 1. The SMILES string of the molecule is C=CCSc1nnc(C2CCCN(Cc3ccc4c(c3)OCO4)C2)n1C. The second kappa shape index (κ2) is 7.72. The van der Waals surface area contributed by atoms with Gasteiger partial charge in [-0.3, -0.25) is 4.90 Å². The number of rotatable bonds is 6. The van der Waals surface area contributed by atoms with Gasteiger partial charge in [-0.1, -0.05) is 23.9 Å². The lowest BCUT2D eigenvalue weighted by Gasteiger charge is -2.32. The van der Waals surface area contributed by atoms with Gasteiger partial charge in [0.15, 0.2) is 16.7 Å². The Labute approximate surface area is 158 Å². The molecule has 1 atom stereocenters.